The number of benzene rings is 2. The summed E-state index contributed by atoms with van der Waals surface area (Å²) in [6.07, 6.45) is 0.620. The standard InChI is InChI=1S/C17H17NO2/c19-17-18(12-15-9-5-2-6-10-15)16(13-20-17)11-14-7-3-1-4-8-14/h1-10,16H,11-13H2/t16-/m0/s1. The fraction of sp³-hybridized carbons (Fsp3) is 0.235. The highest BCUT2D eigenvalue weighted by Crippen LogP contribution is 2.19. The average molecular weight is 267 g/mol. The topological polar surface area (TPSA) is 29.5 Å². The molecule has 3 heteroatoms. The first-order valence-corrected chi connectivity index (χ1v) is 6.84. The Morgan fingerprint density at radius 3 is 2.20 bits per heavy atom. The first kappa shape index (κ1) is 12.7. The molecule has 1 amide bonds. The molecule has 0 spiro atoms. The predicted molar refractivity (Wildman–Crippen MR) is 77.3 cm³/mol. The van der Waals surface area contributed by atoms with Crippen LogP contribution in [0.2, 0.25) is 0 Å². The molecule has 1 fully saturated rings. The highest BCUT2D eigenvalue weighted by molar-refractivity contribution is 5.70. The number of ether oxygens (including phenoxy) is 1. The van der Waals surface area contributed by atoms with E-state index in [0.717, 1.165) is 12.0 Å². The van der Waals surface area contributed by atoms with Crippen LogP contribution in [0.15, 0.2) is 60.7 Å². The molecule has 20 heavy (non-hydrogen) atoms. The summed E-state index contributed by atoms with van der Waals surface area (Å²) in [6.45, 7) is 1.08. The summed E-state index contributed by atoms with van der Waals surface area (Å²) >= 11 is 0. The second-order valence-corrected chi connectivity index (χ2v) is 5.03. The third-order valence-electron chi connectivity index (χ3n) is 3.58. The Morgan fingerprint density at radius 2 is 1.55 bits per heavy atom. The van der Waals surface area contributed by atoms with Crippen molar-refractivity contribution in [3.05, 3.63) is 71.8 Å². The summed E-state index contributed by atoms with van der Waals surface area (Å²) in [5.41, 5.74) is 2.36. The van der Waals surface area contributed by atoms with E-state index in [1.165, 1.54) is 5.56 Å². The van der Waals surface area contributed by atoms with Gasteiger partial charge in [0.15, 0.2) is 0 Å². The molecule has 1 aliphatic rings. The van der Waals surface area contributed by atoms with Crippen LogP contribution >= 0.6 is 0 Å². The lowest BCUT2D eigenvalue weighted by Crippen LogP contribution is -2.34. The van der Waals surface area contributed by atoms with E-state index in [1.54, 1.807) is 0 Å². The van der Waals surface area contributed by atoms with E-state index in [-0.39, 0.29) is 12.1 Å². The summed E-state index contributed by atoms with van der Waals surface area (Å²) in [5.74, 6) is 0. The maximum absolute atomic E-state index is 11.9. The molecule has 0 aromatic heterocycles. The molecule has 0 N–H and O–H groups in total. The Hall–Kier alpha value is -2.29. The molecular formula is C17H17NO2. The molecule has 0 radical (unpaired) electrons. The molecule has 102 valence electrons. The van der Waals surface area contributed by atoms with Gasteiger partial charge in [-0.1, -0.05) is 60.7 Å². The van der Waals surface area contributed by atoms with Crippen LogP contribution in [0.25, 0.3) is 0 Å². The van der Waals surface area contributed by atoms with E-state index in [9.17, 15) is 4.79 Å². The van der Waals surface area contributed by atoms with Crippen LogP contribution in [0.5, 0.6) is 0 Å². The highest BCUT2D eigenvalue weighted by Gasteiger charge is 2.32. The van der Waals surface area contributed by atoms with Crippen LogP contribution in [0.4, 0.5) is 4.79 Å². The van der Waals surface area contributed by atoms with Gasteiger partial charge in [-0.2, -0.15) is 0 Å². The van der Waals surface area contributed by atoms with Gasteiger partial charge in [0, 0.05) is 6.54 Å². The molecule has 1 atom stereocenters. The molecule has 0 bridgehead atoms. The molecule has 2 aromatic rings. The minimum absolute atomic E-state index is 0.116. The molecule has 1 heterocycles. The predicted octanol–water partition coefficient (Wildman–Crippen LogP) is 3.25. The number of carbonyl (C=O) groups is 1. The maximum Gasteiger partial charge on any atom is 0.410 e. The smallest absolute Gasteiger partial charge is 0.410 e. The third kappa shape index (κ3) is 2.82. The summed E-state index contributed by atoms with van der Waals surface area (Å²) < 4.78 is 5.21. The first-order valence-electron chi connectivity index (χ1n) is 6.84. The number of amides is 1. The van der Waals surface area contributed by atoms with Gasteiger partial charge in [-0.05, 0) is 17.5 Å². The van der Waals surface area contributed by atoms with Crippen molar-refractivity contribution in [1.29, 1.82) is 0 Å². The molecular weight excluding hydrogens is 250 g/mol. The van der Waals surface area contributed by atoms with Gasteiger partial charge in [0.25, 0.3) is 0 Å². The van der Waals surface area contributed by atoms with Crippen LogP contribution in [-0.2, 0) is 17.7 Å². The number of nitrogens with zero attached hydrogens (tertiary/aromatic N) is 1. The van der Waals surface area contributed by atoms with Gasteiger partial charge in [-0.25, -0.2) is 4.79 Å². The first-order chi connectivity index (χ1) is 9.83. The van der Waals surface area contributed by atoms with Gasteiger partial charge < -0.3 is 4.74 Å². The van der Waals surface area contributed by atoms with Gasteiger partial charge in [-0.15, -0.1) is 0 Å². The van der Waals surface area contributed by atoms with Crippen LogP contribution < -0.4 is 0 Å². The van der Waals surface area contributed by atoms with E-state index < -0.39 is 0 Å². The van der Waals surface area contributed by atoms with Gasteiger partial charge >= 0.3 is 6.09 Å². The minimum Gasteiger partial charge on any atom is -0.447 e. The number of hydrogen-bond donors (Lipinski definition) is 0. The molecule has 1 saturated heterocycles. The molecule has 0 aliphatic carbocycles. The van der Waals surface area contributed by atoms with Crippen molar-refractivity contribution < 1.29 is 9.53 Å². The van der Waals surface area contributed by atoms with Crippen molar-refractivity contribution in [2.24, 2.45) is 0 Å². The number of hydrogen-bond acceptors (Lipinski definition) is 2. The molecule has 2 aromatic carbocycles. The van der Waals surface area contributed by atoms with Crippen molar-refractivity contribution in [3.63, 3.8) is 0 Å². The zero-order valence-corrected chi connectivity index (χ0v) is 11.2. The fourth-order valence-electron chi connectivity index (χ4n) is 2.52. The van der Waals surface area contributed by atoms with Crippen molar-refractivity contribution in [2.45, 2.75) is 19.0 Å². The fourth-order valence-corrected chi connectivity index (χ4v) is 2.52. The van der Waals surface area contributed by atoms with Crippen LogP contribution in [0, 0.1) is 0 Å². The Bertz CT molecular complexity index is 568. The van der Waals surface area contributed by atoms with E-state index in [2.05, 4.69) is 12.1 Å². The van der Waals surface area contributed by atoms with E-state index in [1.807, 2.05) is 53.4 Å². The van der Waals surface area contributed by atoms with Crippen molar-refractivity contribution >= 4 is 6.09 Å². The Kier molecular flexibility index (Phi) is 3.68. The number of carbonyl (C=O) groups excluding carboxylic acids is 1. The number of rotatable bonds is 4. The average Bonchev–Trinajstić information content (AvgIpc) is 2.83. The van der Waals surface area contributed by atoms with E-state index in [0.29, 0.717) is 13.2 Å². The van der Waals surface area contributed by atoms with Gasteiger partial charge in [0.2, 0.25) is 0 Å². The Labute approximate surface area is 118 Å². The van der Waals surface area contributed by atoms with Crippen LogP contribution in [0.1, 0.15) is 11.1 Å². The second-order valence-electron chi connectivity index (χ2n) is 5.03. The van der Waals surface area contributed by atoms with Crippen molar-refractivity contribution in [2.75, 3.05) is 6.61 Å². The quantitative estimate of drug-likeness (QED) is 0.851. The van der Waals surface area contributed by atoms with Crippen LogP contribution in [0.3, 0.4) is 0 Å². The normalized spacial score (nSPS) is 18.1. The number of cyclic esters (lactones) is 1. The van der Waals surface area contributed by atoms with Gasteiger partial charge in [-0.3, -0.25) is 4.90 Å². The van der Waals surface area contributed by atoms with Gasteiger partial charge in [0.1, 0.15) is 6.61 Å². The second kappa shape index (κ2) is 5.78. The summed E-state index contributed by atoms with van der Waals surface area (Å²) in [5, 5.41) is 0. The van der Waals surface area contributed by atoms with Crippen LogP contribution in [-0.4, -0.2) is 23.6 Å². The molecule has 1 aliphatic heterocycles. The van der Waals surface area contributed by atoms with Gasteiger partial charge in [0.05, 0.1) is 6.04 Å². The molecule has 0 unspecified atom stereocenters. The van der Waals surface area contributed by atoms with E-state index >= 15 is 0 Å². The summed E-state index contributed by atoms with van der Waals surface area (Å²) in [4.78, 5) is 13.7. The monoisotopic (exact) mass is 267 g/mol. The Balaban J connectivity index is 1.72. The lowest BCUT2D eigenvalue weighted by molar-refractivity contribution is 0.156. The molecule has 0 saturated carbocycles. The SMILES string of the molecule is O=C1OC[C@H](Cc2ccccc2)N1Cc1ccccc1. The Morgan fingerprint density at radius 1 is 0.950 bits per heavy atom. The highest BCUT2D eigenvalue weighted by atomic mass is 16.6. The zero-order chi connectivity index (χ0) is 13.8. The van der Waals surface area contributed by atoms with E-state index in [4.69, 9.17) is 4.74 Å². The third-order valence-corrected chi connectivity index (χ3v) is 3.58. The zero-order valence-electron chi connectivity index (χ0n) is 11.2. The lowest BCUT2D eigenvalue weighted by Gasteiger charge is -2.21. The molecule has 3 nitrogen and oxygen atoms in total. The minimum atomic E-state index is -0.213. The molecule has 3 rings (SSSR count). The summed E-state index contributed by atoms with van der Waals surface area (Å²) in [7, 11) is 0. The van der Waals surface area contributed by atoms with Crippen molar-refractivity contribution in [3.8, 4) is 0 Å². The maximum atomic E-state index is 11.9. The largest absolute Gasteiger partial charge is 0.447 e. The summed E-state index contributed by atoms with van der Waals surface area (Å²) in [6, 6.07) is 20.4. The van der Waals surface area contributed by atoms with Crippen molar-refractivity contribution in [1.82, 2.24) is 4.90 Å². The lowest BCUT2D eigenvalue weighted by atomic mass is 10.1.